The van der Waals surface area contributed by atoms with E-state index >= 15 is 0 Å². The van der Waals surface area contributed by atoms with Crippen molar-refractivity contribution in [3.8, 4) is 0 Å². The summed E-state index contributed by atoms with van der Waals surface area (Å²) in [7, 11) is 0. The maximum Gasteiger partial charge on any atom is 0.317 e. The van der Waals surface area contributed by atoms with E-state index in [0.29, 0.717) is 26.2 Å². The molecule has 2 N–H and O–H groups in total. The lowest BCUT2D eigenvalue weighted by atomic mass is 9.97. The number of piperidine rings is 1. The smallest absolute Gasteiger partial charge is 0.317 e. The third-order valence-electron chi connectivity index (χ3n) is 4.66. The normalized spacial score (nSPS) is 17.0. The standard InChI is InChI=1S/C20H25N3O2S/c1-15-6-8-16(9-7-15)12-21-19(24)17-4-2-10-23(14-17)20(25)22-13-18-5-3-11-26-18/h3,5-9,11,17H,2,4,10,12-14H2,1H3,(H,21,24)(H,22,25). The van der Waals surface area contributed by atoms with Crippen molar-refractivity contribution >= 4 is 23.3 Å². The van der Waals surface area contributed by atoms with Gasteiger partial charge in [-0.2, -0.15) is 0 Å². The SMILES string of the molecule is Cc1ccc(CNC(=O)C2CCCN(C(=O)NCc3cccs3)C2)cc1. The molecular weight excluding hydrogens is 346 g/mol. The number of thiophene rings is 1. The number of nitrogens with one attached hydrogen (secondary N) is 2. The van der Waals surface area contributed by atoms with Gasteiger partial charge in [0.2, 0.25) is 5.91 Å². The Kier molecular flexibility index (Phi) is 6.28. The van der Waals surface area contributed by atoms with Crippen LogP contribution in [0.1, 0.15) is 28.8 Å². The number of amides is 3. The summed E-state index contributed by atoms with van der Waals surface area (Å²) < 4.78 is 0. The van der Waals surface area contributed by atoms with Crippen molar-refractivity contribution in [2.24, 2.45) is 5.92 Å². The second kappa shape index (κ2) is 8.85. The summed E-state index contributed by atoms with van der Waals surface area (Å²) in [6.07, 6.45) is 1.68. The van der Waals surface area contributed by atoms with Crippen LogP contribution in [0.5, 0.6) is 0 Å². The van der Waals surface area contributed by atoms with Gasteiger partial charge in [-0.05, 0) is 36.8 Å². The fraction of sp³-hybridized carbons (Fsp3) is 0.400. The third kappa shape index (κ3) is 5.08. The molecule has 1 saturated heterocycles. The zero-order valence-corrected chi connectivity index (χ0v) is 15.8. The lowest BCUT2D eigenvalue weighted by Gasteiger charge is -2.32. The highest BCUT2D eigenvalue weighted by molar-refractivity contribution is 7.09. The van der Waals surface area contributed by atoms with E-state index < -0.39 is 0 Å². The highest BCUT2D eigenvalue weighted by atomic mass is 32.1. The molecule has 0 bridgehead atoms. The van der Waals surface area contributed by atoms with Gasteiger partial charge in [0.15, 0.2) is 0 Å². The molecule has 138 valence electrons. The molecule has 0 saturated carbocycles. The molecule has 3 rings (SSSR count). The number of hydrogen-bond acceptors (Lipinski definition) is 3. The number of aryl methyl sites for hydroxylation is 1. The molecule has 0 spiro atoms. The van der Waals surface area contributed by atoms with Gasteiger partial charge in [0, 0.05) is 24.5 Å². The molecule has 0 radical (unpaired) electrons. The summed E-state index contributed by atoms with van der Waals surface area (Å²) in [6, 6.07) is 12.0. The van der Waals surface area contributed by atoms with Crippen LogP contribution >= 0.6 is 11.3 Å². The van der Waals surface area contributed by atoms with Crippen LogP contribution in [0, 0.1) is 12.8 Å². The minimum absolute atomic E-state index is 0.0290. The van der Waals surface area contributed by atoms with Crippen molar-refractivity contribution in [2.45, 2.75) is 32.9 Å². The van der Waals surface area contributed by atoms with Crippen LogP contribution < -0.4 is 10.6 Å². The summed E-state index contributed by atoms with van der Waals surface area (Å²) in [5.41, 5.74) is 2.29. The maximum atomic E-state index is 12.5. The first-order valence-electron chi connectivity index (χ1n) is 9.00. The fourth-order valence-electron chi connectivity index (χ4n) is 3.10. The molecule has 1 aromatic carbocycles. The molecule has 26 heavy (non-hydrogen) atoms. The Morgan fingerprint density at radius 1 is 1.15 bits per heavy atom. The number of benzene rings is 1. The summed E-state index contributed by atoms with van der Waals surface area (Å²) in [6.45, 7) is 4.30. The maximum absolute atomic E-state index is 12.5. The predicted molar refractivity (Wildman–Crippen MR) is 104 cm³/mol. The molecule has 3 amide bonds. The average molecular weight is 372 g/mol. The van der Waals surface area contributed by atoms with Gasteiger partial charge in [-0.15, -0.1) is 11.3 Å². The Balaban J connectivity index is 1.46. The average Bonchev–Trinajstić information content (AvgIpc) is 3.19. The molecule has 2 aromatic rings. The van der Waals surface area contributed by atoms with Crippen LogP contribution in [0.4, 0.5) is 4.79 Å². The summed E-state index contributed by atoms with van der Waals surface area (Å²) in [4.78, 5) is 27.7. The zero-order chi connectivity index (χ0) is 18.4. The molecule has 1 atom stereocenters. The molecule has 1 unspecified atom stereocenters. The monoisotopic (exact) mass is 371 g/mol. The van der Waals surface area contributed by atoms with Crippen molar-refractivity contribution in [2.75, 3.05) is 13.1 Å². The molecule has 2 heterocycles. The van der Waals surface area contributed by atoms with E-state index in [2.05, 4.69) is 10.6 Å². The van der Waals surface area contributed by atoms with Gasteiger partial charge in [0.1, 0.15) is 0 Å². The van der Waals surface area contributed by atoms with E-state index in [9.17, 15) is 9.59 Å². The quantitative estimate of drug-likeness (QED) is 0.847. The van der Waals surface area contributed by atoms with Crippen molar-refractivity contribution in [1.29, 1.82) is 0 Å². The van der Waals surface area contributed by atoms with Crippen LogP contribution in [0.15, 0.2) is 41.8 Å². The van der Waals surface area contributed by atoms with Gasteiger partial charge in [-0.3, -0.25) is 4.79 Å². The summed E-state index contributed by atoms with van der Waals surface area (Å²) in [5, 5.41) is 7.95. The molecule has 1 aliphatic rings. The predicted octanol–water partition coefficient (Wildman–Crippen LogP) is 3.29. The number of carbonyl (C=O) groups is 2. The highest BCUT2D eigenvalue weighted by Gasteiger charge is 2.28. The van der Waals surface area contributed by atoms with Crippen LogP contribution in [0.3, 0.4) is 0 Å². The molecule has 5 nitrogen and oxygen atoms in total. The molecular formula is C20H25N3O2S. The van der Waals surface area contributed by atoms with Gasteiger partial charge >= 0.3 is 6.03 Å². The lowest BCUT2D eigenvalue weighted by Crippen LogP contribution is -2.48. The number of urea groups is 1. The van der Waals surface area contributed by atoms with Gasteiger partial charge in [-0.1, -0.05) is 35.9 Å². The topological polar surface area (TPSA) is 61.4 Å². The van der Waals surface area contributed by atoms with Crippen LogP contribution in [0.2, 0.25) is 0 Å². The Morgan fingerprint density at radius 2 is 1.96 bits per heavy atom. The van der Waals surface area contributed by atoms with Crippen molar-refractivity contribution in [3.63, 3.8) is 0 Å². The molecule has 0 aliphatic carbocycles. The second-order valence-corrected chi connectivity index (χ2v) is 7.76. The van der Waals surface area contributed by atoms with E-state index in [1.54, 1.807) is 16.2 Å². The zero-order valence-electron chi connectivity index (χ0n) is 15.0. The van der Waals surface area contributed by atoms with Crippen molar-refractivity contribution in [3.05, 3.63) is 57.8 Å². The van der Waals surface area contributed by atoms with E-state index in [1.165, 1.54) is 5.56 Å². The largest absolute Gasteiger partial charge is 0.352 e. The molecule has 1 aliphatic heterocycles. The van der Waals surface area contributed by atoms with Crippen molar-refractivity contribution < 1.29 is 9.59 Å². The van der Waals surface area contributed by atoms with Crippen LogP contribution in [-0.2, 0) is 17.9 Å². The van der Waals surface area contributed by atoms with E-state index in [0.717, 1.165) is 23.3 Å². The number of carbonyl (C=O) groups excluding carboxylic acids is 2. The molecule has 6 heteroatoms. The van der Waals surface area contributed by atoms with Gasteiger partial charge < -0.3 is 15.5 Å². The van der Waals surface area contributed by atoms with Gasteiger partial charge in [-0.25, -0.2) is 4.79 Å². The first-order valence-corrected chi connectivity index (χ1v) is 9.88. The van der Waals surface area contributed by atoms with E-state index in [1.807, 2.05) is 48.7 Å². The third-order valence-corrected chi connectivity index (χ3v) is 5.54. The highest BCUT2D eigenvalue weighted by Crippen LogP contribution is 2.17. The summed E-state index contributed by atoms with van der Waals surface area (Å²) >= 11 is 1.62. The Bertz CT molecular complexity index is 728. The Hall–Kier alpha value is -2.34. The Labute approximate surface area is 158 Å². The lowest BCUT2D eigenvalue weighted by molar-refractivity contribution is -0.126. The fourth-order valence-corrected chi connectivity index (χ4v) is 3.75. The minimum atomic E-state index is -0.137. The minimum Gasteiger partial charge on any atom is -0.352 e. The van der Waals surface area contributed by atoms with Gasteiger partial charge in [0.05, 0.1) is 12.5 Å². The Morgan fingerprint density at radius 3 is 2.69 bits per heavy atom. The number of rotatable bonds is 5. The second-order valence-electron chi connectivity index (χ2n) is 6.73. The van der Waals surface area contributed by atoms with E-state index in [-0.39, 0.29) is 17.9 Å². The summed E-state index contributed by atoms with van der Waals surface area (Å²) in [5.74, 6) is -0.108. The van der Waals surface area contributed by atoms with Crippen LogP contribution in [0.25, 0.3) is 0 Å². The van der Waals surface area contributed by atoms with Crippen molar-refractivity contribution in [1.82, 2.24) is 15.5 Å². The number of likely N-dealkylation sites (tertiary alicyclic amines) is 1. The molecule has 1 aromatic heterocycles. The first-order chi connectivity index (χ1) is 12.6. The van der Waals surface area contributed by atoms with E-state index in [4.69, 9.17) is 0 Å². The number of hydrogen-bond donors (Lipinski definition) is 2. The van der Waals surface area contributed by atoms with Gasteiger partial charge in [0.25, 0.3) is 0 Å². The van der Waals surface area contributed by atoms with Crippen LogP contribution in [-0.4, -0.2) is 29.9 Å². The first kappa shape index (κ1) is 18.5. The molecule has 1 fully saturated rings. The number of nitrogens with zero attached hydrogens (tertiary/aromatic N) is 1.